The van der Waals surface area contributed by atoms with Crippen molar-refractivity contribution in [3.05, 3.63) is 24.0 Å². The van der Waals surface area contributed by atoms with E-state index in [0.29, 0.717) is 6.54 Å². The van der Waals surface area contributed by atoms with Gasteiger partial charge >= 0.3 is 6.18 Å². The monoisotopic (exact) mass is 277 g/mol. The topological polar surface area (TPSA) is 46.1 Å². The Hall–Kier alpha value is -1.50. The molecule has 1 aromatic rings. The number of rotatable bonds is 7. The van der Waals surface area contributed by atoms with Crippen molar-refractivity contribution < 1.29 is 18.0 Å². The lowest BCUT2D eigenvalue weighted by Gasteiger charge is -2.08. The maximum Gasteiger partial charge on any atom is 0.405 e. The number of hydrogen-bond acceptors (Lipinski definition) is 2. The van der Waals surface area contributed by atoms with Gasteiger partial charge in [-0.25, -0.2) is 0 Å². The quantitative estimate of drug-likeness (QED) is 0.745. The van der Waals surface area contributed by atoms with E-state index in [1.54, 1.807) is 17.0 Å². The second-order valence-corrected chi connectivity index (χ2v) is 4.26. The molecule has 0 spiro atoms. The lowest BCUT2D eigenvalue weighted by Crippen LogP contribution is -2.35. The van der Waals surface area contributed by atoms with Crippen molar-refractivity contribution in [3.8, 4) is 0 Å². The number of nitrogens with one attached hydrogen (secondary N) is 2. The first-order chi connectivity index (χ1) is 8.90. The van der Waals surface area contributed by atoms with E-state index in [4.69, 9.17) is 0 Å². The summed E-state index contributed by atoms with van der Waals surface area (Å²) < 4.78 is 37.3. The molecule has 0 radical (unpaired) electrons. The number of amides is 1. The molecule has 1 rings (SSSR count). The maximum atomic E-state index is 11.9. The zero-order chi connectivity index (χ0) is 14.3. The van der Waals surface area contributed by atoms with Crippen molar-refractivity contribution in [2.24, 2.45) is 0 Å². The summed E-state index contributed by atoms with van der Waals surface area (Å²) in [6, 6.07) is 1.83. The molecule has 0 atom stereocenters. The lowest BCUT2D eigenvalue weighted by atomic mass is 10.3. The Kier molecular flexibility index (Phi) is 5.88. The summed E-state index contributed by atoms with van der Waals surface area (Å²) >= 11 is 0. The van der Waals surface area contributed by atoms with Crippen LogP contribution in [0.5, 0.6) is 0 Å². The van der Waals surface area contributed by atoms with Crippen molar-refractivity contribution in [3.63, 3.8) is 0 Å². The highest BCUT2D eigenvalue weighted by atomic mass is 19.4. The summed E-state index contributed by atoms with van der Waals surface area (Å²) in [6.07, 6.45) is 0.0775. The molecule has 0 aliphatic rings. The van der Waals surface area contributed by atoms with Gasteiger partial charge in [0.2, 0.25) is 5.91 Å². The van der Waals surface area contributed by atoms with Crippen LogP contribution in [0.15, 0.2) is 18.5 Å². The van der Waals surface area contributed by atoms with Gasteiger partial charge in [-0.2, -0.15) is 13.2 Å². The highest BCUT2D eigenvalue weighted by Gasteiger charge is 2.27. The smallest absolute Gasteiger partial charge is 0.345 e. The van der Waals surface area contributed by atoms with Gasteiger partial charge in [-0.15, -0.1) is 0 Å². The molecule has 108 valence electrons. The van der Waals surface area contributed by atoms with E-state index in [-0.39, 0.29) is 6.54 Å². The van der Waals surface area contributed by atoms with Gasteiger partial charge in [0, 0.05) is 18.9 Å². The molecule has 7 heteroatoms. The summed E-state index contributed by atoms with van der Waals surface area (Å²) in [5.74, 6) is -0.652. The van der Waals surface area contributed by atoms with Gasteiger partial charge in [-0.3, -0.25) is 4.79 Å². The van der Waals surface area contributed by atoms with E-state index in [9.17, 15) is 18.0 Å². The number of carbonyl (C=O) groups excluding carboxylic acids is 1. The predicted octanol–water partition coefficient (Wildman–Crippen LogP) is 1.67. The lowest BCUT2D eigenvalue weighted by molar-refractivity contribution is -0.138. The number of aromatic nitrogens is 1. The summed E-state index contributed by atoms with van der Waals surface area (Å²) in [5.41, 5.74) is 0.997. The Balaban J connectivity index is 2.34. The van der Waals surface area contributed by atoms with E-state index in [2.05, 4.69) is 12.2 Å². The Bertz CT molecular complexity index is 401. The molecule has 0 bridgehead atoms. The van der Waals surface area contributed by atoms with Crippen molar-refractivity contribution in [2.75, 3.05) is 13.1 Å². The van der Waals surface area contributed by atoms with Crippen LogP contribution in [-0.2, 0) is 17.9 Å². The third kappa shape index (κ3) is 6.85. The molecule has 0 fully saturated rings. The largest absolute Gasteiger partial charge is 0.405 e. The SMILES string of the molecule is CCCNCc1ccn(CC(=O)NCC(F)(F)F)c1. The Morgan fingerprint density at radius 3 is 2.79 bits per heavy atom. The van der Waals surface area contributed by atoms with E-state index < -0.39 is 18.6 Å². The molecular formula is C12H18F3N3O. The van der Waals surface area contributed by atoms with Crippen LogP contribution in [-0.4, -0.2) is 29.7 Å². The molecular weight excluding hydrogens is 259 g/mol. The first kappa shape index (κ1) is 15.6. The number of alkyl halides is 3. The molecule has 1 aromatic heterocycles. The summed E-state index contributed by atoms with van der Waals surface area (Å²) in [7, 11) is 0. The molecule has 0 aromatic carbocycles. The van der Waals surface area contributed by atoms with Gasteiger partial charge in [-0.05, 0) is 24.6 Å². The first-order valence-electron chi connectivity index (χ1n) is 6.09. The minimum absolute atomic E-state index is 0.107. The zero-order valence-electron chi connectivity index (χ0n) is 10.8. The second-order valence-electron chi connectivity index (χ2n) is 4.26. The predicted molar refractivity (Wildman–Crippen MR) is 65.5 cm³/mol. The van der Waals surface area contributed by atoms with Gasteiger partial charge in [0.05, 0.1) is 0 Å². The number of carbonyl (C=O) groups is 1. The van der Waals surface area contributed by atoms with Crippen LogP contribution in [0.25, 0.3) is 0 Å². The average molecular weight is 277 g/mol. The standard InChI is InChI=1S/C12H18F3N3O/c1-2-4-16-6-10-3-5-18(7-10)8-11(19)17-9-12(13,14)15/h3,5,7,16H,2,4,6,8-9H2,1H3,(H,17,19). The Morgan fingerprint density at radius 2 is 2.16 bits per heavy atom. The van der Waals surface area contributed by atoms with Gasteiger partial charge in [-0.1, -0.05) is 6.92 Å². The van der Waals surface area contributed by atoms with E-state index in [1.165, 1.54) is 0 Å². The van der Waals surface area contributed by atoms with Crippen LogP contribution in [0.1, 0.15) is 18.9 Å². The molecule has 0 saturated carbocycles. The summed E-state index contributed by atoms with van der Waals surface area (Å²) in [4.78, 5) is 11.3. The van der Waals surface area contributed by atoms with Crippen LogP contribution >= 0.6 is 0 Å². The van der Waals surface area contributed by atoms with Gasteiger partial charge in [0.25, 0.3) is 0 Å². The summed E-state index contributed by atoms with van der Waals surface area (Å²) in [5, 5.41) is 5.03. The Labute approximate surface area is 110 Å². The molecule has 0 saturated heterocycles. The number of nitrogens with zero attached hydrogens (tertiary/aromatic N) is 1. The third-order valence-electron chi connectivity index (χ3n) is 2.38. The van der Waals surface area contributed by atoms with E-state index >= 15 is 0 Å². The van der Waals surface area contributed by atoms with E-state index in [0.717, 1.165) is 18.5 Å². The van der Waals surface area contributed by atoms with E-state index in [1.807, 2.05) is 11.4 Å². The van der Waals surface area contributed by atoms with Crippen LogP contribution in [0.2, 0.25) is 0 Å². The molecule has 19 heavy (non-hydrogen) atoms. The molecule has 0 aliphatic carbocycles. The van der Waals surface area contributed by atoms with Gasteiger partial charge < -0.3 is 15.2 Å². The summed E-state index contributed by atoms with van der Waals surface area (Å²) in [6.45, 7) is 2.24. The molecule has 4 nitrogen and oxygen atoms in total. The van der Waals surface area contributed by atoms with Crippen molar-refractivity contribution in [1.82, 2.24) is 15.2 Å². The van der Waals surface area contributed by atoms with Crippen LogP contribution in [0, 0.1) is 0 Å². The zero-order valence-corrected chi connectivity index (χ0v) is 10.8. The third-order valence-corrected chi connectivity index (χ3v) is 2.38. The van der Waals surface area contributed by atoms with Gasteiger partial charge in [0.1, 0.15) is 13.1 Å². The Morgan fingerprint density at radius 1 is 1.42 bits per heavy atom. The average Bonchev–Trinajstić information content (AvgIpc) is 2.74. The fourth-order valence-electron chi connectivity index (χ4n) is 1.52. The molecule has 1 amide bonds. The van der Waals surface area contributed by atoms with Crippen LogP contribution < -0.4 is 10.6 Å². The van der Waals surface area contributed by atoms with Gasteiger partial charge in [0.15, 0.2) is 0 Å². The number of halogens is 3. The normalized spacial score (nSPS) is 11.6. The highest BCUT2D eigenvalue weighted by Crippen LogP contribution is 2.12. The highest BCUT2D eigenvalue weighted by molar-refractivity contribution is 5.75. The van der Waals surface area contributed by atoms with Crippen molar-refractivity contribution in [2.45, 2.75) is 32.6 Å². The second kappa shape index (κ2) is 7.18. The molecule has 2 N–H and O–H groups in total. The fraction of sp³-hybridized carbons (Fsp3) is 0.583. The molecule has 0 unspecified atom stereocenters. The van der Waals surface area contributed by atoms with Crippen LogP contribution in [0.4, 0.5) is 13.2 Å². The van der Waals surface area contributed by atoms with Crippen LogP contribution in [0.3, 0.4) is 0 Å². The molecule has 1 heterocycles. The first-order valence-corrected chi connectivity index (χ1v) is 6.09. The molecule has 0 aliphatic heterocycles. The fourth-order valence-corrected chi connectivity index (χ4v) is 1.52. The minimum atomic E-state index is -4.37. The van der Waals surface area contributed by atoms with Crippen molar-refractivity contribution >= 4 is 5.91 Å². The maximum absolute atomic E-state index is 11.9. The minimum Gasteiger partial charge on any atom is -0.345 e. The number of hydrogen-bond donors (Lipinski definition) is 2. The van der Waals surface area contributed by atoms with Crippen molar-refractivity contribution in [1.29, 1.82) is 0 Å².